The molecule has 0 spiro atoms. The van der Waals surface area contributed by atoms with E-state index in [9.17, 15) is 8.42 Å². The molecule has 1 aromatic rings. The molecule has 0 aliphatic carbocycles. The van der Waals surface area contributed by atoms with Crippen LogP contribution in [0.25, 0.3) is 0 Å². The van der Waals surface area contributed by atoms with Gasteiger partial charge in [-0.05, 0) is 0 Å². The molecule has 1 heterocycles. The molecule has 0 aliphatic rings. The van der Waals surface area contributed by atoms with Crippen LogP contribution in [-0.2, 0) is 16.9 Å². The van der Waals surface area contributed by atoms with Crippen molar-refractivity contribution in [3.05, 3.63) is 6.07 Å². The fourth-order valence-electron chi connectivity index (χ4n) is 0.818. The van der Waals surface area contributed by atoms with E-state index in [4.69, 9.17) is 5.73 Å². The molecule has 0 saturated heterocycles. The zero-order valence-electron chi connectivity index (χ0n) is 6.27. The van der Waals surface area contributed by atoms with Gasteiger partial charge in [0.05, 0.1) is 0 Å². The number of nitrogen functional groups attached to an aromatic ring is 1. The van der Waals surface area contributed by atoms with Crippen molar-refractivity contribution in [2.45, 2.75) is 5.03 Å². The monoisotopic (exact) mass is 175 g/mol. The van der Waals surface area contributed by atoms with Crippen LogP contribution in [0.2, 0.25) is 0 Å². The Labute approximate surface area is 64.7 Å². The van der Waals surface area contributed by atoms with E-state index in [0.717, 1.165) is 6.26 Å². The van der Waals surface area contributed by atoms with Gasteiger partial charge in [0, 0.05) is 19.4 Å². The highest BCUT2D eigenvalue weighted by Gasteiger charge is 2.12. The van der Waals surface area contributed by atoms with Gasteiger partial charge in [-0.3, -0.25) is 4.68 Å². The highest BCUT2D eigenvalue weighted by molar-refractivity contribution is 7.90. The quantitative estimate of drug-likeness (QED) is 0.618. The van der Waals surface area contributed by atoms with Crippen molar-refractivity contribution in [2.24, 2.45) is 7.05 Å². The van der Waals surface area contributed by atoms with Gasteiger partial charge in [-0.15, -0.1) is 0 Å². The SMILES string of the molecule is Cn1nc(N)cc1S(C)(=O)=O. The smallest absolute Gasteiger partial charge is 0.192 e. The number of nitrogens with zero attached hydrogens (tertiary/aromatic N) is 2. The van der Waals surface area contributed by atoms with Gasteiger partial charge in [0.2, 0.25) is 0 Å². The number of anilines is 1. The topological polar surface area (TPSA) is 78.0 Å². The van der Waals surface area contributed by atoms with Gasteiger partial charge >= 0.3 is 0 Å². The second kappa shape index (κ2) is 2.23. The highest BCUT2D eigenvalue weighted by Crippen LogP contribution is 2.10. The number of hydrogen-bond donors (Lipinski definition) is 1. The molecule has 0 aromatic carbocycles. The van der Waals surface area contributed by atoms with Crippen LogP contribution in [0.15, 0.2) is 11.1 Å². The van der Waals surface area contributed by atoms with Crippen molar-refractivity contribution in [3.8, 4) is 0 Å². The Morgan fingerprint density at radius 3 is 2.36 bits per heavy atom. The highest BCUT2D eigenvalue weighted by atomic mass is 32.2. The third kappa shape index (κ3) is 1.51. The lowest BCUT2D eigenvalue weighted by atomic mass is 10.7. The van der Waals surface area contributed by atoms with Crippen LogP contribution in [0.5, 0.6) is 0 Å². The van der Waals surface area contributed by atoms with E-state index in [1.165, 1.54) is 17.8 Å². The first-order valence-electron chi connectivity index (χ1n) is 2.91. The Balaban J connectivity index is 3.36. The summed E-state index contributed by atoms with van der Waals surface area (Å²) < 4.78 is 23.1. The molecule has 0 atom stereocenters. The summed E-state index contributed by atoms with van der Waals surface area (Å²) in [5.74, 6) is 0.216. The van der Waals surface area contributed by atoms with E-state index in [2.05, 4.69) is 5.10 Å². The van der Waals surface area contributed by atoms with Gasteiger partial charge in [-0.2, -0.15) is 5.10 Å². The normalized spacial score (nSPS) is 11.8. The van der Waals surface area contributed by atoms with Gasteiger partial charge in [-0.1, -0.05) is 0 Å². The molecule has 0 amide bonds. The summed E-state index contributed by atoms with van der Waals surface area (Å²) in [5.41, 5.74) is 5.28. The standard InChI is InChI=1S/C5H9N3O2S/c1-8-5(11(2,9)10)3-4(6)7-8/h3H,1-2H3,(H2,6,7). The summed E-state index contributed by atoms with van der Waals surface area (Å²) in [4.78, 5) is 0. The predicted octanol–water partition coefficient (Wildman–Crippen LogP) is -0.594. The Morgan fingerprint density at radius 1 is 1.64 bits per heavy atom. The van der Waals surface area contributed by atoms with E-state index in [1.54, 1.807) is 0 Å². The second-order valence-corrected chi connectivity index (χ2v) is 4.27. The zero-order valence-corrected chi connectivity index (χ0v) is 7.09. The molecule has 0 aliphatic heterocycles. The minimum absolute atomic E-state index is 0.134. The largest absolute Gasteiger partial charge is 0.382 e. The molecule has 0 fully saturated rings. The Bertz CT molecular complexity index is 365. The maximum Gasteiger partial charge on any atom is 0.192 e. The molecule has 6 heteroatoms. The third-order valence-electron chi connectivity index (χ3n) is 1.24. The Morgan fingerprint density at radius 2 is 2.18 bits per heavy atom. The number of sulfone groups is 1. The van der Waals surface area contributed by atoms with Crippen LogP contribution in [0.1, 0.15) is 0 Å². The van der Waals surface area contributed by atoms with Gasteiger partial charge in [0.1, 0.15) is 5.82 Å². The molecular formula is C5H9N3O2S. The van der Waals surface area contributed by atoms with Crippen molar-refractivity contribution in [1.29, 1.82) is 0 Å². The first-order chi connectivity index (χ1) is 4.91. The van der Waals surface area contributed by atoms with E-state index >= 15 is 0 Å². The van der Waals surface area contributed by atoms with Crippen LogP contribution >= 0.6 is 0 Å². The average molecular weight is 175 g/mol. The van der Waals surface area contributed by atoms with Crippen molar-refractivity contribution in [3.63, 3.8) is 0 Å². The van der Waals surface area contributed by atoms with Crippen LogP contribution in [0.3, 0.4) is 0 Å². The zero-order chi connectivity index (χ0) is 8.65. The molecule has 2 N–H and O–H groups in total. The van der Waals surface area contributed by atoms with E-state index in [1.807, 2.05) is 0 Å². The minimum atomic E-state index is -3.19. The number of hydrogen-bond acceptors (Lipinski definition) is 4. The number of aromatic nitrogens is 2. The van der Waals surface area contributed by atoms with Gasteiger partial charge < -0.3 is 5.73 Å². The number of rotatable bonds is 1. The summed E-state index contributed by atoms with van der Waals surface area (Å²) >= 11 is 0. The summed E-state index contributed by atoms with van der Waals surface area (Å²) in [6.45, 7) is 0. The first kappa shape index (κ1) is 8.06. The van der Waals surface area contributed by atoms with Gasteiger partial charge in [0.25, 0.3) is 0 Å². The predicted molar refractivity (Wildman–Crippen MR) is 40.7 cm³/mol. The van der Waals surface area contributed by atoms with E-state index < -0.39 is 9.84 Å². The van der Waals surface area contributed by atoms with Crippen molar-refractivity contribution in [1.82, 2.24) is 9.78 Å². The fourth-order valence-corrected chi connectivity index (χ4v) is 1.67. The second-order valence-electron chi connectivity index (χ2n) is 2.30. The van der Waals surface area contributed by atoms with Crippen molar-refractivity contribution >= 4 is 15.7 Å². The van der Waals surface area contributed by atoms with Crippen LogP contribution < -0.4 is 5.73 Å². The number of nitrogens with two attached hydrogens (primary N) is 1. The molecule has 1 aromatic heterocycles. The van der Waals surface area contributed by atoms with Crippen molar-refractivity contribution in [2.75, 3.05) is 12.0 Å². The van der Waals surface area contributed by atoms with Crippen LogP contribution in [0.4, 0.5) is 5.82 Å². The maximum atomic E-state index is 11.0. The Hall–Kier alpha value is -1.04. The molecule has 0 unspecified atom stereocenters. The van der Waals surface area contributed by atoms with E-state index in [-0.39, 0.29) is 10.8 Å². The van der Waals surface area contributed by atoms with Gasteiger partial charge in [0.15, 0.2) is 14.9 Å². The summed E-state index contributed by atoms with van der Waals surface area (Å²) in [5, 5.41) is 3.83. The molecule has 11 heavy (non-hydrogen) atoms. The molecular weight excluding hydrogens is 166 g/mol. The average Bonchev–Trinajstić information content (AvgIpc) is 2.08. The summed E-state index contributed by atoms with van der Waals surface area (Å²) in [7, 11) is -1.66. The lowest BCUT2D eigenvalue weighted by molar-refractivity contribution is 0.583. The Kier molecular flexibility index (Phi) is 1.63. The minimum Gasteiger partial charge on any atom is -0.382 e. The van der Waals surface area contributed by atoms with Crippen molar-refractivity contribution < 1.29 is 8.42 Å². The third-order valence-corrected chi connectivity index (χ3v) is 2.38. The lowest BCUT2D eigenvalue weighted by Gasteiger charge is -1.95. The lowest BCUT2D eigenvalue weighted by Crippen LogP contribution is -2.04. The van der Waals surface area contributed by atoms with Crippen LogP contribution in [0, 0.1) is 0 Å². The maximum absolute atomic E-state index is 11.0. The van der Waals surface area contributed by atoms with E-state index in [0.29, 0.717) is 0 Å². The van der Waals surface area contributed by atoms with Gasteiger partial charge in [-0.25, -0.2) is 8.42 Å². The summed E-state index contributed by atoms with van der Waals surface area (Å²) in [6, 6.07) is 1.33. The molecule has 0 saturated carbocycles. The molecule has 62 valence electrons. The first-order valence-corrected chi connectivity index (χ1v) is 4.80. The fraction of sp³-hybridized carbons (Fsp3) is 0.400. The number of aryl methyl sites for hydroxylation is 1. The van der Waals surface area contributed by atoms with Crippen LogP contribution in [-0.4, -0.2) is 24.5 Å². The molecule has 0 radical (unpaired) electrons. The molecule has 0 bridgehead atoms. The summed E-state index contributed by atoms with van der Waals surface area (Å²) in [6.07, 6.45) is 1.11. The molecule has 1 rings (SSSR count). The molecule has 5 nitrogen and oxygen atoms in total.